The highest BCUT2D eigenvalue weighted by Gasteiger charge is 2.24. The minimum Gasteiger partial charge on any atom is -0.357 e. The van der Waals surface area contributed by atoms with Gasteiger partial charge in [-0.15, -0.1) is 24.0 Å². The lowest BCUT2D eigenvalue weighted by atomic mass is 9.92. The third kappa shape index (κ3) is 5.61. The van der Waals surface area contributed by atoms with E-state index in [1.807, 2.05) is 13.0 Å². The largest absolute Gasteiger partial charge is 0.357 e. The van der Waals surface area contributed by atoms with Gasteiger partial charge in [0.05, 0.1) is 17.0 Å². The lowest BCUT2D eigenvalue weighted by molar-refractivity contribution is -0.385. The molecule has 1 aromatic carbocycles. The van der Waals surface area contributed by atoms with E-state index in [1.165, 1.54) is 12.5 Å². The fraction of sp³-hybridized carbons (Fsp3) is 0.588. The van der Waals surface area contributed by atoms with E-state index in [2.05, 4.69) is 29.1 Å². The average molecular weight is 446 g/mol. The molecule has 0 radical (unpaired) electrons. The van der Waals surface area contributed by atoms with Crippen LogP contribution in [-0.2, 0) is 6.54 Å². The predicted molar refractivity (Wildman–Crippen MR) is 108 cm³/mol. The van der Waals surface area contributed by atoms with Crippen molar-refractivity contribution < 1.29 is 4.92 Å². The zero-order chi connectivity index (χ0) is 16.8. The summed E-state index contributed by atoms with van der Waals surface area (Å²) in [6.45, 7) is 9.62. The van der Waals surface area contributed by atoms with Crippen molar-refractivity contribution in [3.63, 3.8) is 0 Å². The molecular weight excluding hydrogens is 419 g/mol. The molecular formula is C17H27IN4O2. The summed E-state index contributed by atoms with van der Waals surface area (Å²) in [7, 11) is 0. The number of likely N-dealkylation sites (tertiary alicyclic amines) is 1. The maximum absolute atomic E-state index is 11.1. The third-order valence-corrected chi connectivity index (χ3v) is 4.09. The van der Waals surface area contributed by atoms with Gasteiger partial charge < -0.3 is 10.2 Å². The van der Waals surface area contributed by atoms with Crippen molar-refractivity contribution in [2.75, 3.05) is 19.6 Å². The summed E-state index contributed by atoms with van der Waals surface area (Å²) in [4.78, 5) is 17.7. The standard InChI is InChI=1S/C17H26N4O2.HI/c1-4-18-17(20-11-13(2)9-14(3)12-20)19-10-15-7-5-6-8-16(15)21(22)23;/h5-8,13-14H,4,9-12H2,1-3H3,(H,18,19);1H. The highest BCUT2D eigenvalue weighted by Crippen LogP contribution is 2.22. The van der Waals surface area contributed by atoms with E-state index >= 15 is 0 Å². The van der Waals surface area contributed by atoms with Crippen molar-refractivity contribution in [2.24, 2.45) is 16.8 Å². The molecule has 1 heterocycles. The molecule has 1 fully saturated rings. The van der Waals surface area contributed by atoms with Gasteiger partial charge in [0.25, 0.3) is 5.69 Å². The zero-order valence-electron chi connectivity index (χ0n) is 14.6. The maximum Gasteiger partial charge on any atom is 0.274 e. The SMILES string of the molecule is CCNC(=NCc1ccccc1[N+](=O)[O-])N1CC(C)CC(C)C1.I. The van der Waals surface area contributed by atoms with Gasteiger partial charge in [-0.3, -0.25) is 10.1 Å². The van der Waals surface area contributed by atoms with E-state index in [-0.39, 0.29) is 34.6 Å². The van der Waals surface area contributed by atoms with E-state index < -0.39 is 0 Å². The van der Waals surface area contributed by atoms with Crippen molar-refractivity contribution in [1.82, 2.24) is 10.2 Å². The van der Waals surface area contributed by atoms with Crippen molar-refractivity contribution in [2.45, 2.75) is 33.7 Å². The quantitative estimate of drug-likeness (QED) is 0.252. The Kier molecular flexibility index (Phi) is 8.44. The van der Waals surface area contributed by atoms with E-state index in [4.69, 9.17) is 0 Å². The molecule has 0 spiro atoms. The van der Waals surface area contributed by atoms with Gasteiger partial charge in [-0.05, 0) is 25.2 Å². The van der Waals surface area contributed by atoms with Gasteiger partial charge in [-0.2, -0.15) is 0 Å². The van der Waals surface area contributed by atoms with E-state index in [0.29, 0.717) is 23.9 Å². The number of nitrogens with zero attached hydrogens (tertiary/aromatic N) is 3. The fourth-order valence-corrected chi connectivity index (χ4v) is 3.24. The van der Waals surface area contributed by atoms with Gasteiger partial charge in [-0.25, -0.2) is 4.99 Å². The molecule has 0 aliphatic carbocycles. The van der Waals surface area contributed by atoms with Crippen LogP contribution in [0.1, 0.15) is 32.8 Å². The first-order valence-electron chi connectivity index (χ1n) is 8.26. The highest BCUT2D eigenvalue weighted by atomic mass is 127. The molecule has 2 atom stereocenters. The Morgan fingerprint density at radius 1 is 1.33 bits per heavy atom. The van der Waals surface area contributed by atoms with Gasteiger partial charge in [-0.1, -0.05) is 32.0 Å². The van der Waals surface area contributed by atoms with Gasteiger partial charge >= 0.3 is 0 Å². The smallest absolute Gasteiger partial charge is 0.274 e. The molecule has 0 aromatic heterocycles. The van der Waals surface area contributed by atoms with Gasteiger partial charge in [0.2, 0.25) is 0 Å². The Morgan fingerprint density at radius 2 is 1.96 bits per heavy atom. The fourth-order valence-electron chi connectivity index (χ4n) is 3.24. The predicted octanol–water partition coefficient (Wildman–Crippen LogP) is 3.66. The molecule has 1 aliphatic rings. The van der Waals surface area contributed by atoms with Crippen LogP contribution < -0.4 is 5.32 Å². The van der Waals surface area contributed by atoms with Crippen LogP contribution in [0.2, 0.25) is 0 Å². The van der Waals surface area contributed by atoms with Crippen molar-refractivity contribution >= 4 is 35.6 Å². The summed E-state index contributed by atoms with van der Waals surface area (Å²) < 4.78 is 0. The Morgan fingerprint density at radius 3 is 2.54 bits per heavy atom. The van der Waals surface area contributed by atoms with Crippen LogP contribution in [0.3, 0.4) is 0 Å². The van der Waals surface area contributed by atoms with E-state index in [1.54, 1.807) is 12.1 Å². The first-order valence-corrected chi connectivity index (χ1v) is 8.26. The molecule has 0 bridgehead atoms. The zero-order valence-corrected chi connectivity index (χ0v) is 16.9. The van der Waals surface area contributed by atoms with Gasteiger partial charge in [0.15, 0.2) is 5.96 Å². The second kappa shape index (κ2) is 9.80. The minimum absolute atomic E-state index is 0. The van der Waals surface area contributed by atoms with Crippen molar-refractivity contribution in [3.8, 4) is 0 Å². The maximum atomic E-state index is 11.1. The monoisotopic (exact) mass is 446 g/mol. The summed E-state index contributed by atoms with van der Waals surface area (Å²) in [6, 6.07) is 6.80. The van der Waals surface area contributed by atoms with Crippen LogP contribution in [0.4, 0.5) is 5.69 Å². The molecule has 0 amide bonds. The lowest BCUT2D eigenvalue weighted by Gasteiger charge is -2.37. The van der Waals surface area contributed by atoms with E-state index in [0.717, 1.165) is 25.6 Å². The topological polar surface area (TPSA) is 70.8 Å². The molecule has 6 nitrogen and oxygen atoms in total. The normalized spacial score (nSPS) is 21.1. The van der Waals surface area contributed by atoms with Crippen LogP contribution >= 0.6 is 24.0 Å². The number of nitro benzene ring substituents is 1. The number of piperidine rings is 1. The molecule has 0 saturated carbocycles. The summed E-state index contributed by atoms with van der Waals surface area (Å²) in [6.07, 6.45) is 1.24. The number of nitrogens with one attached hydrogen (secondary N) is 1. The van der Waals surface area contributed by atoms with Crippen LogP contribution in [0.25, 0.3) is 0 Å². The first kappa shape index (κ1) is 20.7. The summed E-state index contributed by atoms with van der Waals surface area (Å²) in [5, 5.41) is 14.4. The number of benzene rings is 1. The van der Waals surface area contributed by atoms with Gasteiger partial charge in [0, 0.05) is 25.7 Å². The Hall–Kier alpha value is -1.38. The number of rotatable bonds is 4. The lowest BCUT2D eigenvalue weighted by Crippen LogP contribution is -2.48. The second-order valence-corrected chi connectivity index (χ2v) is 6.41. The van der Waals surface area contributed by atoms with Crippen molar-refractivity contribution in [1.29, 1.82) is 0 Å². The van der Waals surface area contributed by atoms with Gasteiger partial charge in [0.1, 0.15) is 0 Å². The summed E-state index contributed by atoms with van der Waals surface area (Å²) >= 11 is 0. The molecule has 1 saturated heterocycles. The van der Waals surface area contributed by atoms with Crippen LogP contribution in [-0.4, -0.2) is 35.4 Å². The average Bonchev–Trinajstić information content (AvgIpc) is 2.50. The van der Waals surface area contributed by atoms with Crippen LogP contribution in [0.15, 0.2) is 29.3 Å². The molecule has 134 valence electrons. The molecule has 2 rings (SSSR count). The molecule has 1 aromatic rings. The molecule has 7 heteroatoms. The second-order valence-electron chi connectivity index (χ2n) is 6.41. The summed E-state index contributed by atoms with van der Waals surface area (Å²) in [5.74, 6) is 2.12. The minimum atomic E-state index is -0.344. The number of hydrogen-bond donors (Lipinski definition) is 1. The number of halogens is 1. The number of hydrogen-bond acceptors (Lipinski definition) is 3. The molecule has 1 N–H and O–H groups in total. The highest BCUT2D eigenvalue weighted by molar-refractivity contribution is 14.0. The number of para-hydroxylation sites is 1. The van der Waals surface area contributed by atoms with Crippen LogP contribution in [0, 0.1) is 22.0 Å². The number of nitro groups is 1. The molecule has 24 heavy (non-hydrogen) atoms. The summed E-state index contributed by atoms with van der Waals surface area (Å²) in [5.41, 5.74) is 0.776. The molecule has 2 unspecified atom stereocenters. The Labute approximate surface area is 160 Å². The molecule has 1 aliphatic heterocycles. The van der Waals surface area contributed by atoms with Crippen LogP contribution in [0.5, 0.6) is 0 Å². The Balaban J connectivity index is 0.00000288. The van der Waals surface area contributed by atoms with Crippen molar-refractivity contribution in [3.05, 3.63) is 39.9 Å². The third-order valence-electron chi connectivity index (χ3n) is 4.09. The first-order chi connectivity index (χ1) is 11.0. The van der Waals surface area contributed by atoms with E-state index in [9.17, 15) is 10.1 Å². The number of guanidine groups is 1. The Bertz CT molecular complexity index is 569. The number of aliphatic imine (C=N–C) groups is 1.